The van der Waals surface area contributed by atoms with Crippen molar-refractivity contribution in [3.05, 3.63) is 44.8 Å². The SMILES string of the molecule is CN(Cc1ccsc1)C(=O)CCc1cccs1. The molecule has 2 nitrogen and oxygen atoms in total. The number of carbonyl (C=O) groups is 1. The van der Waals surface area contributed by atoms with Crippen LogP contribution in [0.15, 0.2) is 34.3 Å². The van der Waals surface area contributed by atoms with Crippen molar-refractivity contribution in [2.75, 3.05) is 7.05 Å². The molecule has 2 aromatic rings. The van der Waals surface area contributed by atoms with Gasteiger partial charge in [0.25, 0.3) is 0 Å². The molecule has 0 atom stereocenters. The zero-order chi connectivity index (χ0) is 12.1. The first-order chi connectivity index (χ1) is 8.25. The Kier molecular flexibility index (Phi) is 4.34. The van der Waals surface area contributed by atoms with Crippen molar-refractivity contribution in [1.29, 1.82) is 0 Å². The smallest absolute Gasteiger partial charge is 0.222 e. The van der Waals surface area contributed by atoms with Crippen LogP contribution < -0.4 is 0 Å². The average molecular weight is 265 g/mol. The van der Waals surface area contributed by atoms with Crippen LogP contribution in [0.2, 0.25) is 0 Å². The van der Waals surface area contributed by atoms with E-state index in [1.807, 2.05) is 18.5 Å². The molecule has 0 saturated heterocycles. The normalized spacial score (nSPS) is 10.4. The number of amides is 1. The molecule has 2 rings (SSSR count). The largest absolute Gasteiger partial charge is 0.341 e. The Bertz CT molecular complexity index is 448. The molecule has 0 saturated carbocycles. The maximum atomic E-state index is 11.9. The number of hydrogen-bond acceptors (Lipinski definition) is 3. The second kappa shape index (κ2) is 5.98. The molecule has 1 amide bonds. The minimum atomic E-state index is 0.213. The fourth-order valence-electron chi connectivity index (χ4n) is 1.62. The maximum absolute atomic E-state index is 11.9. The highest BCUT2D eigenvalue weighted by molar-refractivity contribution is 7.09. The lowest BCUT2D eigenvalue weighted by Crippen LogP contribution is -2.26. The third-order valence-corrected chi connectivity index (χ3v) is 4.26. The molecule has 17 heavy (non-hydrogen) atoms. The van der Waals surface area contributed by atoms with E-state index in [0.717, 1.165) is 6.42 Å². The molecule has 0 fully saturated rings. The molecule has 2 heterocycles. The van der Waals surface area contributed by atoms with E-state index in [-0.39, 0.29) is 5.91 Å². The molecule has 0 unspecified atom stereocenters. The van der Waals surface area contributed by atoms with Crippen molar-refractivity contribution in [3.8, 4) is 0 Å². The molecule has 0 aromatic carbocycles. The molecule has 2 aromatic heterocycles. The highest BCUT2D eigenvalue weighted by Crippen LogP contribution is 2.13. The lowest BCUT2D eigenvalue weighted by Gasteiger charge is -2.16. The Morgan fingerprint density at radius 3 is 2.88 bits per heavy atom. The van der Waals surface area contributed by atoms with E-state index in [1.54, 1.807) is 27.6 Å². The van der Waals surface area contributed by atoms with Crippen LogP contribution in [0.1, 0.15) is 16.9 Å². The lowest BCUT2D eigenvalue weighted by atomic mass is 10.2. The molecular weight excluding hydrogens is 250 g/mol. The third kappa shape index (κ3) is 3.68. The first-order valence-corrected chi connectivity index (χ1v) is 7.35. The molecule has 0 aliphatic carbocycles. The molecular formula is C13H15NOS2. The predicted octanol–water partition coefficient (Wildman–Crippen LogP) is 3.40. The molecule has 0 spiro atoms. The summed E-state index contributed by atoms with van der Waals surface area (Å²) in [6.07, 6.45) is 1.45. The summed E-state index contributed by atoms with van der Waals surface area (Å²) >= 11 is 3.38. The van der Waals surface area contributed by atoms with Crippen LogP contribution in [0, 0.1) is 0 Å². The fraction of sp³-hybridized carbons (Fsp3) is 0.308. The van der Waals surface area contributed by atoms with E-state index in [0.29, 0.717) is 13.0 Å². The van der Waals surface area contributed by atoms with Gasteiger partial charge in [-0.1, -0.05) is 6.07 Å². The Balaban J connectivity index is 1.79. The van der Waals surface area contributed by atoms with E-state index >= 15 is 0 Å². The number of rotatable bonds is 5. The summed E-state index contributed by atoms with van der Waals surface area (Å²) in [5, 5.41) is 6.18. The van der Waals surface area contributed by atoms with Crippen molar-refractivity contribution in [2.45, 2.75) is 19.4 Å². The summed E-state index contributed by atoms with van der Waals surface area (Å²) in [4.78, 5) is 15.0. The Labute approximate surface area is 110 Å². The van der Waals surface area contributed by atoms with Gasteiger partial charge in [0.05, 0.1) is 0 Å². The number of aryl methyl sites for hydroxylation is 1. The van der Waals surface area contributed by atoms with Crippen molar-refractivity contribution < 1.29 is 4.79 Å². The van der Waals surface area contributed by atoms with Gasteiger partial charge in [0.2, 0.25) is 5.91 Å². The summed E-state index contributed by atoms with van der Waals surface area (Å²) in [5.41, 5.74) is 1.21. The van der Waals surface area contributed by atoms with Gasteiger partial charge in [-0.2, -0.15) is 11.3 Å². The van der Waals surface area contributed by atoms with Crippen LogP contribution in [0.25, 0.3) is 0 Å². The van der Waals surface area contributed by atoms with Crippen LogP contribution in [-0.2, 0) is 17.8 Å². The zero-order valence-corrected chi connectivity index (χ0v) is 11.4. The number of hydrogen-bond donors (Lipinski definition) is 0. The average Bonchev–Trinajstić information content (AvgIpc) is 2.98. The molecule has 0 bridgehead atoms. The molecule has 0 N–H and O–H groups in total. The van der Waals surface area contributed by atoms with Crippen LogP contribution in [0.4, 0.5) is 0 Å². The van der Waals surface area contributed by atoms with Crippen LogP contribution in [0.3, 0.4) is 0 Å². The second-order valence-electron chi connectivity index (χ2n) is 3.96. The van der Waals surface area contributed by atoms with Crippen LogP contribution in [0.5, 0.6) is 0 Å². The van der Waals surface area contributed by atoms with Gasteiger partial charge in [0.15, 0.2) is 0 Å². The predicted molar refractivity (Wildman–Crippen MR) is 73.4 cm³/mol. The van der Waals surface area contributed by atoms with Gasteiger partial charge in [-0.15, -0.1) is 11.3 Å². The summed E-state index contributed by atoms with van der Waals surface area (Å²) in [5.74, 6) is 0.213. The standard InChI is InChI=1S/C13H15NOS2/c1-14(9-11-6-8-16-10-11)13(15)5-4-12-3-2-7-17-12/h2-3,6-8,10H,4-5,9H2,1H3. The Hall–Kier alpha value is -1.13. The van der Waals surface area contributed by atoms with Gasteiger partial charge < -0.3 is 4.90 Å². The second-order valence-corrected chi connectivity index (χ2v) is 5.77. The number of nitrogens with zero attached hydrogens (tertiary/aromatic N) is 1. The van der Waals surface area contributed by atoms with E-state index in [2.05, 4.69) is 22.9 Å². The first-order valence-electron chi connectivity index (χ1n) is 5.53. The van der Waals surface area contributed by atoms with Crippen LogP contribution in [-0.4, -0.2) is 17.9 Å². The van der Waals surface area contributed by atoms with E-state index in [1.165, 1.54) is 10.4 Å². The maximum Gasteiger partial charge on any atom is 0.222 e. The minimum Gasteiger partial charge on any atom is -0.341 e. The summed E-state index contributed by atoms with van der Waals surface area (Å²) in [7, 11) is 1.87. The molecule has 0 aliphatic rings. The Morgan fingerprint density at radius 2 is 2.24 bits per heavy atom. The number of carbonyl (C=O) groups excluding carboxylic acids is 1. The summed E-state index contributed by atoms with van der Waals surface area (Å²) < 4.78 is 0. The highest BCUT2D eigenvalue weighted by Gasteiger charge is 2.09. The van der Waals surface area contributed by atoms with Gasteiger partial charge in [0.1, 0.15) is 0 Å². The topological polar surface area (TPSA) is 20.3 Å². The molecule has 90 valence electrons. The quantitative estimate of drug-likeness (QED) is 0.811. The first kappa shape index (κ1) is 12.3. The van der Waals surface area contributed by atoms with E-state index in [9.17, 15) is 4.79 Å². The van der Waals surface area contributed by atoms with Gasteiger partial charge in [-0.3, -0.25) is 4.79 Å². The van der Waals surface area contributed by atoms with Crippen molar-refractivity contribution in [2.24, 2.45) is 0 Å². The Morgan fingerprint density at radius 1 is 1.35 bits per heavy atom. The highest BCUT2D eigenvalue weighted by atomic mass is 32.1. The van der Waals surface area contributed by atoms with Gasteiger partial charge >= 0.3 is 0 Å². The van der Waals surface area contributed by atoms with Crippen molar-refractivity contribution in [1.82, 2.24) is 4.90 Å². The molecule has 0 radical (unpaired) electrons. The van der Waals surface area contributed by atoms with Crippen molar-refractivity contribution >= 4 is 28.6 Å². The lowest BCUT2D eigenvalue weighted by molar-refractivity contribution is -0.130. The van der Waals surface area contributed by atoms with Crippen LogP contribution >= 0.6 is 22.7 Å². The monoisotopic (exact) mass is 265 g/mol. The van der Waals surface area contributed by atoms with Gasteiger partial charge in [-0.25, -0.2) is 0 Å². The minimum absolute atomic E-state index is 0.213. The fourth-order valence-corrected chi connectivity index (χ4v) is 2.99. The number of thiophene rings is 2. The third-order valence-electron chi connectivity index (χ3n) is 2.59. The molecule has 4 heteroatoms. The van der Waals surface area contributed by atoms with E-state index in [4.69, 9.17) is 0 Å². The van der Waals surface area contributed by atoms with Crippen molar-refractivity contribution in [3.63, 3.8) is 0 Å². The molecule has 0 aliphatic heterocycles. The summed E-state index contributed by atoms with van der Waals surface area (Å²) in [6.45, 7) is 0.715. The van der Waals surface area contributed by atoms with Gasteiger partial charge in [-0.05, 0) is 40.3 Å². The van der Waals surface area contributed by atoms with E-state index < -0.39 is 0 Å². The summed E-state index contributed by atoms with van der Waals surface area (Å²) in [6, 6.07) is 6.17. The van der Waals surface area contributed by atoms with Gasteiger partial charge in [0, 0.05) is 24.9 Å². The zero-order valence-electron chi connectivity index (χ0n) is 9.76.